The molecule has 1 aromatic carbocycles. The van der Waals surface area contributed by atoms with Crippen molar-refractivity contribution in [2.75, 3.05) is 19.6 Å². The Morgan fingerprint density at radius 3 is 2.55 bits per heavy atom. The zero-order valence-electron chi connectivity index (χ0n) is 23.6. The number of allylic oxidation sites excluding steroid dienone is 9. The van der Waals surface area contributed by atoms with Crippen molar-refractivity contribution in [1.29, 1.82) is 0 Å². The number of nitrogens with zero attached hydrogens (tertiary/aromatic N) is 1. The van der Waals surface area contributed by atoms with E-state index < -0.39 is 0 Å². The van der Waals surface area contributed by atoms with E-state index in [1.165, 1.54) is 29.2 Å². The summed E-state index contributed by atoms with van der Waals surface area (Å²) in [6, 6.07) is 8.86. The lowest BCUT2D eigenvalue weighted by Gasteiger charge is -2.22. The molecule has 208 valence electrons. The monoisotopic (exact) mass is 518 g/mol. The van der Waals surface area contributed by atoms with Gasteiger partial charge < -0.3 is 10.2 Å². The van der Waals surface area contributed by atoms with Gasteiger partial charge in [0.2, 0.25) is 5.91 Å². The van der Waals surface area contributed by atoms with E-state index in [9.17, 15) is 9.59 Å². The Labute approximate surface area is 232 Å². The highest BCUT2D eigenvalue weighted by molar-refractivity contribution is 5.84. The molecule has 1 amide bonds. The fourth-order valence-corrected chi connectivity index (χ4v) is 4.97. The number of carbonyl (C=O) groups is 2. The van der Waals surface area contributed by atoms with Crippen molar-refractivity contribution in [1.82, 2.24) is 10.2 Å². The van der Waals surface area contributed by atoms with Crippen LogP contribution in [-0.4, -0.2) is 36.2 Å². The van der Waals surface area contributed by atoms with Gasteiger partial charge in [-0.2, -0.15) is 0 Å². The molecule has 4 heteroatoms. The second kappa shape index (κ2) is 17.4. The van der Waals surface area contributed by atoms with E-state index in [2.05, 4.69) is 67.4 Å². The summed E-state index contributed by atoms with van der Waals surface area (Å²) in [6.07, 6.45) is 16.7. The molecule has 0 spiro atoms. The van der Waals surface area contributed by atoms with Gasteiger partial charge in [-0.05, 0) is 82.1 Å². The lowest BCUT2D eigenvalue weighted by atomic mass is 9.88. The number of fused-ring (bicyclic) bond motifs is 2. The van der Waals surface area contributed by atoms with Gasteiger partial charge >= 0.3 is 0 Å². The van der Waals surface area contributed by atoms with Crippen LogP contribution in [0.15, 0.2) is 78.1 Å². The Bertz CT molecular complexity index is 1060. The molecule has 0 aliphatic heterocycles. The molecule has 0 aromatic heterocycles. The topological polar surface area (TPSA) is 49.4 Å². The maximum Gasteiger partial charge on any atom is 0.222 e. The average molecular weight is 519 g/mol. The van der Waals surface area contributed by atoms with E-state index >= 15 is 0 Å². The zero-order valence-corrected chi connectivity index (χ0v) is 23.6. The first-order chi connectivity index (χ1) is 17.8. The third-order valence-electron chi connectivity index (χ3n) is 6.93. The van der Waals surface area contributed by atoms with Gasteiger partial charge in [0.15, 0.2) is 0 Å². The second-order valence-electron chi connectivity index (χ2n) is 9.84. The fourth-order valence-electron chi connectivity index (χ4n) is 4.97. The maximum atomic E-state index is 12.0. The van der Waals surface area contributed by atoms with Gasteiger partial charge in [0.25, 0.3) is 0 Å². The number of rotatable bonds is 12. The van der Waals surface area contributed by atoms with Crippen LogP contribution in [0, 0.1) is 0 Å². The maximum absolute atomic E-state index is 12.0. The number of Topliss-reactive ketones (excluding diaryl/α,β-unsaturated/α-hetero) is 1. The number of hydrogen-bond acceptors (Lipinski definition) is 3. The molecule has 0 saturated heterocycles. The highest BCUT2D eigenvalue weighted by Gasteiger charge is 2.29. The highest BCUT2D eigenvalue weighted by atomic mass is 16.2. The largest absolute Gasteiger partial charge is 0.387 e. The molecule has 38 heavy (non-hydrogen) atoms. The summed E-state index contributed by atoms with van der Waals surface area (Å²) in [5, 5.41) is 3.34. The predicted octanol–water partition coefficient (Wildman–Crippen LogP) is 8.15. The number of nitrogens with one attached hydrogen (secondary N) is 1. The molecule has 4 nitrogen and oxygen atoms in total. The van der Waals surface area contributed by atoms with E-state index in [0.29, 0.717) is 25.4 Å². The minimum absolute atomic E-state index is 0. The molecule has 1 aromatic rings. The van der Waals surface area contributed by atoms with Gasteiger partial charge in [-0.15, -0.1) is 0 Å². The summed E-state index contributed by atoms with van der Waals surface area (Å²) in [4.78, 5) is 25.0. The van der Waals surface area contributed by atoms with Gasteiger partial charge in [0, 0.05) is 31.1 Å². The van der Waals surface area contributed by atoms with Crippen LogP contribution in [0.5, 0.6) is 0 Å². The quantitative estimate of drug-likeness (QED) is 0.284. The van der Waals surface area contributed by atoms with Crippen LogP contribution in [0.3, 0.4) is 0 Å². The van der Waals surface area contributed by atoms with Crippen LogP contribution >= 0.6 is 0 Å². The van der Waals surface area contributed by atoms with Gasteiger partial charge in [0.05, 0.1) is 6.54 Å². The minimum atomic E-state index is 0. The SMILES string of the molecule is C.C/C=C\C(C)=C/C.C=C(CCCC1C2=C(CCC=C2)c2ccccc21)NCCN(CC(C)=O)C(=O)CC. The van der Waals surface area contributed by atoms with Gasteiger partial charge in [-0.1, -0.05) is 81.1 Å². The fraction of sp³-hybridized carbons (Fsp3) is 0.471. The smallest absolute Gasteiger partial charge is 0.222 e. The van der Waals surface area contributed by atoms with E-state index in [-0.39, 0.29) is 25.7 Å². The molecule has 0 radical (unpaired) electrons. The van der Waals surface area contributed by atoms with E-state index in [1.807, 2.05) is 26.8 Å². The van der Waals surface area contributed by atoms with E-state index in [0.717, 1.165) is 37.8 Å². The summed E-state index contributed by atoms with van der Waals surface area (Å²) in [6.45, 7) is 15.0. The van der Waals surface area contributed by atoms with Crippen molar-refractivity contribution < 1.29 is 9.59 Å². The van der Waals surface area contributed by atoms with Crippen LogP contribution in [0.2, 0.25) is 0 Å². The van der Waals surface area contributed by atoms with Gasteiger partial charge in [-0.25, -0.2) is 0 Å². The molecule has 0 heterocycles. The zero-order chi connectivity index (χ0) is 27.2. The van der Waals surface area contributed by atoms with Crippen LogP contribution in [0.25, 0.3) is 5.57 Å². The van der Waals surface area contributed by atoms with E-state index in [4.69, 9.17) is 0 Å². The van der Waals surface area contributed by atoms with Crippen molar-refractivity contribution in [3.05, 3.63) is 89.2 Å². The molecule has 0 saturated carbocycles. The molecular formula is C34H50N2O2. The molecule has 1 unspecified atom stereocenters. The van der Waals surface area contributed by atoms with Crippen molar-refractivity contribution in [2.45, 2.75) is 86.5 Å². The molecule has 0 bridgehead atoms. The summed E-state index contributed by atoms with van der Waals surface area (Å²) < 4.78 is 0. The number of carbonyl (C=O) groups excluding carboxylic acids is 2. The lowest BCUT2D eigenvalue weighted by molar-refractivity contribution is -0.134. The molecular weight excluding hydrogens is 468 g/mol. The Balaban J connectivity index is 0.000000797. The summed E-state index contributed by atoms with van der Waals surface area (Å²) >= 11 is 0. The first-order valence-corrected chi connectivity index (χ1v) is 13.8. The third-order valence-corrected chi connectivity index (χ3v) is 6.93. The minimum Gasteiger partial charge on any atom is -0.387 e. The Morgan fingerprint density at radius 1 is 1.18 bits per heavy atom. The predicted molar refractivity (Wildman–Crippen MR) is 164 cm³/mol. The van der Waals surface area contributed by atoms with Crippen molar-refractivity contribution >= 4 is 17.3 Å². The van der Waals surface area contributed by atoms with Crippen LogP contribution in [0.1, 0.15) is 97.6 Å². The molecule has 3 rings (SSSR count). The van der Waals surface area contributed by atoms with Crippen molar-refractivity contribution in [2.24, 2.45) is 0 Å². The third kappa shape index (κ3) is 9.96. The summed E-state index contributed by atoms with van der Waals surface area (Å²) in [7, 11) is 0. The normalized spacial score (nSPS) is 15.7. The Kier molecular flexibility index (Phi) is 15.0. The van der Waals surface area contributed by atoms with Gasteiger partial charge in [-0.3, -0.25) is 9.59 Å². The first-order valence-electron chi connectivity index (χ1n) is 13.8. The number of benzene rings is 1. The Morgan fingerprint density at radius 2 is 1.92 bits per heavy atom. The first kappa shape index (κ1) is 32.9. The molecule has 1 atom stereocenters. The standard InChI is InChI=1S/C26H34N2O2.C7H12.CH4/c1-4-26(30)28(18-20(3)29)17-16-27-19(2)10-9-15-25-23-13-7-5-11-21(23)22-12-6-8-14-24(22)25;1-4-6-7(3)5-2;/h5,7-8,11,13-14,25,27H,2,4,6,9-10,12,15-18H2,1,3H3;4-6H,1-3H3;1H4/b;6-4-,7-5-;. The highest BCUT2D eigenvalue weighted by Crippen LogP contribution is 2.48. The molecule has 0 fully saturated rings. The molecule has 1 N–H and O–H groups in total. The van der Waals surface area contributed by atoms with Gasteiger partial charge in [0.1, 0.15) is 5.78 Å². The van der Waals surface area contributed by atoms with E-state index in [1.54, 1.807) is 10.5 Å². The van der Waals surface area contributed by atoms with Crippen LogP contribution in [0.4, 0.5) is 0 Å². The average Bonchev–Trinajstić information content (AvgIpc) is 3.21. The Hall–Kier alpha value is -3.14. The van der Waals surface area contributed by atoms with Crippen molar-refractivity contribution in [3.8, 4) is 0 Å². The molecule has 2 aliphatic rings. The summed E-state index contributed by atoms with van der Waals surface area (Å²) in [5.41, 5.74) is 8.31. The number of hydrogen-bond donors (Lipinski definition) is 1. The van der Waals surface area contributed by atoms with Crippen molar-refractivity contribution in [3.63, 3.8) is 0 Å². The lowest BCUT2D eigenvalue weighted by Crippen LogP contribution is -2.39. The second-order valence-corrected chi connectivity index (χ2v) is 9.84. The summed E-state index contributed by atoms with van der Waals surface area (Å²) in [5.74, 6) is 0.522. The molecule has 2 aliphatic carbocycles. The number of ketones is 1. The number of amides is 1. The van der Waals surface area contributed by atoms with Crippen LogP contribution < -0.4 is 5.32 Å². The van der Waals surface area contributed by atoms with Crippen LogP contribution in [-0.2, 0) is 9.59 Å².